The van der Waals surface area contributed by atoms with Gasteiger partial charge in [0.2, 0.25) is 0 Å². The molecule has 0 saturated carbocycles. The van der Waals surface area contributed by atoms with Gasteiger partial charge in [0.05, 0.1) is 0 Å². The van der Waals surface area contributed by atoms with Crippen LogP contribution in [0.1, 0.15) is 31.8 Å². The van der Waals surface area contributed by atoms with Crippen molar-refractivity contribution in [1.82, 2.24) is 0 Å². The molecule has 0 unspecified atom stereocenters. The second-order valence-corrected chi connectivity index (χ2v) is 11.8. The topological polar surface area (TPSA) is 60.2 Å². The Morgan fingerprint density at radius 1 is 0.548 bits per heavy atom. The molecule has 0 aromatic heterocycles. The first-order valence-electron chi connectivity index (χ1n) is 9.74. The van der Waals surface area contributed by atoms with Crippen LogP contribution in [-0.2, 0) is 0 Å². The van der Waals surface area contributed by atoms with E-state index in [0.717, 1.165) is 13.4 Å². The predicted molar refractivity (Wildman–Crippen MR) is 127 cm³/mol. The van der Waals surface area contributed by atoms with E-state index < -0.39 is 0 Å². The summed E-state index contributed by atoms with van der Waals surface area (Å²) < 4.78 is 4.20. The summed E-state index contributed by atoms with van der Waals surface area (Å²) >= 11 is -0.190. The van der Waals surface area contributed by atoms with Crippen LogP contribution in [0.25, 0.3) is 0 Å². The van der Waals surface area contributed by atoms with E-state index in [1.165, 1.54) is 4.46 Å². The van der Waals surface area contributed by atoms with Crippen LogP contribution in [0.2, 0.25) is 0 Å². The van der Waals surface area contributed by atoms with E-state index in [1.54, 1.807) is 24.3 Å². The van der Waals surface area contributed by atoms with Gasteiger partial charge in [-0.15, -0.1) is 0 Å². The monoisotopic (exact) mass is 535 g/mol. The second-order valence-electron chi connectivity index (χ2n) is 7.07. The zero-order chi connectivity index (χ0) is 21.4. The number of ketones is 2. The number of benzene rings is 4. The fraction of sp³-hybridized carbons (Fsp3) is 0. The van der Waals surface area contributed by atoms with E-state index in [-0.39, 0.29) is 41.5 Å². The van der Waals surface area contributed by atoms with Crippen molar-refractivity contribution in [3.63, 3.8) is 0 Å². The summed E-state index contributed by atoms with van der Waals surface area (Å²) in [7, 11) is 0. The Labute approximate surface area is 193 Å². The van der Waals surface area contributed by atoms with Crippen molar-refractivity contribution in [1.29, 1.82) is 0 Å². The molecule has 0 radical (unpaired) electrons. The van der Waals surface area contributed by atoms with Gasteiger partial charge in [-0.25, -0.2) is 0 Å². The molecule has 4 aromatic carbocycles. The average Bonchev–Trinajstić information content (AvgIpc) is 2.81. The summed E-state index contributed by atoms with van der Waals surface area (Å²) in [6, 6.07) is 29.3. The molecule has 0 fully saturated rings. The Bertz CT molecular complexity index is 1320. The first-order valence-corrected chi connectivity index (χ1v) is 13.2. The van der Waals surface area contributed by atoms with Crippen LogP contribution in [0.15, 0.2) is 91.0 Å². The van der Waals surface area contributed by atoms with Gasteiger partial charge in [0, 0.05) is 0 Å². The normalized spacial score (nSPS) is 12.4. The molecule has 0 spiro atoms. The summed E-state index contributed by atoms with van der Waals surface area (Å²) in [5.41, 5.74) is 8.79. The molecule has 3 nitrogen and oxygen atoms in total. The molecular weight excluding hydrogens is 516 g/mol. The van der Waals surface area contributed by atoms with Crippen LogP contribution in [0, 0.1) is 0 Å². The summed E-state index contributed by atoms with van der Waals surface area (Å²) in [5.74, 6) is -0.262. The number of nitrogens with two attached hydrogens (primary N) is 1. The van der Waals surface area contributed by atoms with Gasteiger partial charge in [0.1, 0.15) is 0 Å². The van der Waals surface area contributed by atoms with Crippen molar-refractivity contribution in [3.8, 4) is 0 Å². The fourth-order valence-electron chi connectivity index (χ4n) is 3.66. The maximum absolute atomic E-state index is 13.5. The standard InChI is InChI=1S/C26H17NO2Se2/c27-24-21(31-17-11-5-2-6-12-17)15-20(30-16-9-3-1-4-10-16)22-23(24)26(29)19-14-8-7-13-18(19)25(22)28/h1-15H,27H2. The Kier molecular flexibility index (Phi) is 5.35. The average molecular weight is 533 g/mol. The van der Waals surface area contributed by atoms with E-state index in [4.69, 9.17) is 5.73 Å². The molecule has 5 rings (SSSR count). The third kappa shape index (κ3) is 3.67. The molecule has 2 N–H and O–H groups in total. The molecule has 31 heavy (non-hydrogen) atoms. The molecule has 150 valence electrons. The number of nitrogen functional groups attached to an aromatic ring is 1. The van der Waals surface area contributed by atoms with E-state index in [2.05, 4.69) is 30.3 Å². The molecule has 0 bridgehead atoms. The van der Waals surface area contributed by atoms with E-state index >= 15 is 0 Å². The molecule has 0 aliphatic heterocycles. The van der Waals surface area contributed by atoms with Crippen LogP contribution in [-0.4, -0.2) is 41.5 Å². The zero-order valence-corrected chi connectivity index (χ0v) is 19.8. The first-order chi connectivity index (χ1) is 15.1. The van der Waals surface area contributed by atoms with Gasteiger partial charge in [0.15, 0.2) is 0 Å². The van der Waals surface area contributed by atoms with Crippen molar-refractivity contribution >= 4 is 65.0 Å². The Hall–Kier alpha value is -2.94. The number of hydrogen-bond donors (Lipinski definition) is 1. The minimum atomic E-state index is -0.154. The molecule has 4 aromatic rings. The molecule has 0 amide bonds. The van der Waals surface area contributed by atoms with Gasteiger partial charge in [-0.05, 0) is 0 Å². The van der Waals surface area contributed by atoms with Crippen molar-refractivity contribution < 1.29 is 9.59 Å². The number of hydrogen-bond acceptors (Lipinski definition) is 3. The molecule has 0 saturated heterocycles. The SMILES string of the molecule is Nc1c([Se]c2ccccc2)cc([Se]c2ccccc2)c2c1C(=O)c1ccccc1C2=O. The maximum atomic E-state index is 13.5. The van der Waals surface area contributed by atoms with Gasteiger partial charge in [-0.1, -0.05) is 0 Å². The van der Waals surface area contributed by atoms with Crippen LogP contribution >= 0.6 is 0 Å². The Balaban J connectivity index is 1.72. The van der Waals surface area contributed by atoms with Gasteiger partial charge >= 0.3 is 194 Å². The minimum absolute atomic E-state index is 0.0673. The number of carbonyl (C=O) groups is 2. The predicted octanol–water partition coefficient (Wildman–Crippen LogP) is 1.35. The number of fused-ring (bicyclic) bond motifs is 2. The summed E-state index contributed by atoms with van der Waals surface area (Å²) in [5, 5.41) is 0. The van der Waals surface area contributed by atoms with Crippen molar-refractivity contribution in [3.05, 3.63) is 113 Å². The number of rotatable bonds is 4. The summed E-state index contributed by atoms with van der Waals surface area (Å²) in [4.78, 5) is 27.0. The Morgan fingerprint density at radius 3 is 1.55 bits per heavy atom. The van der Waals surface area contributed by atoms with E-state index in [9.17, 15) is 9.59 Å². The van der Waals surface area contributed by atoms with Crippen LogP contribution in [0.5, 0.6) is 0 Å². The van der Waals surface area contributed by atoms with Crippen molar-refractivity contribution in [2.45, 2.75) is 0 Å². The van der Waals surface area contributed by atoms with Crippen LogP contribution < -0.4 is 23.6 Å². The Morgan fingerprint density at radius 2 is 1.00 bits per heavy atom. The van der Waals surface area contributed by atoms with Crippen molar-refractivity contribution in [2.24, 2.45) is 0 Å². The number of anilines is 1. The first kappa shape index (κ1) is 20.0. The van der Waals surface area contributed by atoms with Crippen LogP contribution in [0.3, 0.4) is 0 Å². The van der Waals surface area contributed by atoms with Gasteiger partial charge < -0.3 is 0 Å². The fourth-order valence-corrected chi connectivity index (χ4v) is 8.14. The van der Waals surface area contributed by atoms with Crippen LogP contribution in [0.4, 0.5) is 5.69 Å². The molecule has 5 heteroatoms. The van der Waals surface area contributed by atoms with Gasteiger partial charge in [-0.2, -0.15) is 0 Å². The van der Waals surface area contributed by atoms with E-state index in [1.807, 2.05) is 36.4 Å². The number of carbonyl (C=O) groups excluding carboxylic acids is 2. The third-order valence-electron chi connectivity index (χ3n) is 5.11. The molecule has 1 aliphatic rings. The van der Waals surface area contributed by atoms with E-state index in [0.29, 0.717) is 27.9 Å². The van der Waals surface area contributed by atoms with Crippen molar-refractivity contribution in [2.75, 3.05) is 5.73 Å². The zero-order valence-electron chi connectivity index (χ0n) is 16.4. The summed E-state index contributed by atoms with van der Waals surface area (Å²) in [6.07, 6.45) is 0. The quantitative estimate of drug-likeness (QED) is 0.281. The van der Waals surface area contributed by atoms with Gasteiger partial charge in [-0.3, -0.25) is 0 Å². The molecule has 0 atom stereocenters. The van der Waals surface area contributed by atoms with Gasteiger partial charge in [0.25, 0.3) is 0 Å². The third-order valence-corrected chi connectivity index (χ3v) is 9.54. The molecule has 1 aliphatic carbocycles. The molecular formula is C26H17NO2Se2. The summed E-state index contributed by atoms with van der Waals surface area (Å²) in [6.45, 7) is 0. The molecule has 0 heterocycles. The second kappa shape index (κ2) is 8.30.